The van der Waals surface area contributed by atoms with Crippen LogP contribution in [0.5, 0.6) is 0 Å². The lowest BCUT2D eigenvalue weighted by molar-refractivity contribution is -0.137. The SMILES string of the molecule is CCC(OC1CCCCC1)C(=O)Nc1ccn(CC(=O)O)n1. The standard InChI is InChI=1S/C15H23N3O4/c1-2-12(22-11-6-4-3-5-7-11)15(21)16-13-8-9-18(17-13)10-14(19)20/h8-9,11-12H,2-7,10H2,1H3,(H,19,20)(H,16,17,21). The molecule has 7 heteroatoms. The summed E-state index contributed by atoms with van der Waals surface area (Å²) >= 11 is 0. The molecule has 1 aromatic rings. The monoisotopic (exact) mass is 309 g/mol. The van der Waals surface area contributed by atoms with Gasteiger partial charge in [-0.15, -0.1) is 0 Å². The molecule has 7 nitrogen and oxygen atoms in total. The van der Waals surface area contributed by atoms with Gasteiger partial charge in [0.25, 0.3) is 5.91 Å². The molecule has 1 aromatic heterocycles. The number of hydrogen-bond acceptors (Lipinski definition) is 4. The molecule has 0 aromatic carbocycles. The summed E-state index contributed by atoms with van der Waals surface area (Å²) in [4.78, 5) is 22.9. The maximum atomic E-state index is 12.2. The van der Waals surface area contributed by atoms with E-state index in [9.17, 15) is 9.59 Å². The minimum Gasteiger partial charge on any atom is -0.480 e. The van der Waals surface area contributed by atoms with Gasteiger partial charge in [0, 0.05) is 12.3 Å². The molecule has 2 N–H and O–H groups in total. The predicted octanol–water partition coefficient (Wildman–Crippen LogP) is 2.03. The first kappa shape index (κ1) is 16.5. The van der Waals surface area contributed by atoms with Crippen LogP contribution in [0.1, 0.15) is 45.4 Å². The van der Waals surface area contributed by atoms with Gasteiger partial charge in [-0.05, 0) is 19.3 Å². The topological polar surface area (TPSA) is 93.5 Å². The second-order valence-corrected chi connectivity index (χ2v) is 5.57. The highest BCUT2D eigenvalue weighted by atomic mass is 16.5. The number of hydrogen-bond donors (Lipinski definition) is 2. The van der Waals surface area contributed by atoms with Crippen molar-refractivity contribution in [1.29, 1.82) is 0 Å². The normalized spacial score (nSPS) is 17.1. The van der Waals surface area contributed by atoms with Crippen LogP contribution in [0.25, 0.3) is 0 Å². The zero-order valence-corrected chi connectivity index (χ0v) is 12.8. The molecule has 1 aliphatic carbocycles. The number of nitrogens with zero attached hydrogens (tertiary/aromatic N) is 2. The Kier molecular flexibility index (Phi) is 5.94. The van der Waals surface area contributed by atoms with Crippen LogP contribution in [0.4, 0.5) is 5.82 Å². The van der Waals surface area contributed by atoms with Gasteiger partial charge in [-0.2, -0.15) is 5.10 Å². The van der Waals surface area contributed by atoms with E-state index in [-0.39, 0.29) is 18.6 Å². The fourth-order valence-electron chi connectivity index (χ4n) is 2.64. The van der Waals surface area contributed by atoms with Gasteiger partial charge in [-0.3, -0.25) is 14.3 Å². The third-order valence-electron chi connectivity index (χ3n) is 3.76. The van der Waals surface area contributed by atoms with Gasteiger partial charge in [0.2, 0.25) is 0 Å². The van der Waals surface area contributed by atoms with Gasteiger partial charge in [0.1, 0.15) is 12.6 Å². The largest absolute Gasteiger partial charge is 0.480 e. The van der Waals surface area contributed by atoms with Gasteiger partial charge in [-0.1, -0.05) is 26.2 Å². The molecule has 1 heterocycles. The quantitative estimate of drug-likeness (QED) is 0.804. The molecular weight excluding hydrogens is 286 g/mol. The van der Waals surface area contributed by atoms with E-state index in [2.05, 4.69) is 10.4 Å². The van der Waals surface area contributed by atoms with E-state index in [0.29, 0.717) is 12.2 Å². The summed E-state index contributed by atoms with van der Waals surface area (Å²) in [5, 5.41) is 15.4. The van der Waals surface area contributed by atoms with Crippen LogP contribution in [-0.2, 0) is 20.9 Å². The molecule has 1 unspecified atom stereocenters. The van der Waals surface area contributed by atoms with Crippen LogP contribution >= 0.6 is 0 Å². The van der Waals surface area contributed by atoms with E-state index in [1.54, 1.807) is 6.07 Å². The van der Waals surface area contributed by atoms with Crippen molar-refractivity contribution in [3.05, 3.63) is 12.3 Å². The van der Waals surface area contributed by atoms with E-state index in [1.165, 1.54) is 17.3 Å². The Morgan fingerprint density at radius 3 is 2.82 bits per heavy atom. The van der Waals surface area contributed by atoms with Crippen molar-refractivity contribution < 1.29 is 19.4 Å². The van der Waals surface area contributed by atoms with Crippen molar-refractivity contribution in [3.63, 3.8) is 0 Å². The van der Waals surface area contributed by atoms with Crippen LogP contribution in [-0.4, -0.2) is 39.0 Å². The number of amides is 1. The zero-order valence-electron chi connectivity index (χ0n) is 12.8. The van der Waals surface area contributed by atoms with Crippen LogP contribution in [0.3, 0.4) is 0 Å². The van der Waals surface area contributed by atoms with E-state index >= 15 is 0 Å². The van der Waals surface area contributed by atoms with Gasteiger partial charge in [-0.25, -0.2) is 0 Å². The molecule has 0 radical (unpaired) electrons. The van der Waals surface area contributed by atoms with Gasteiger partial charge in [0.15, 0.2) is 5.82 Å². The van der Waals surface area contributed by atoms with E-state index in [0.717, 1.165) is 25.7 Å². The predicted molar refractivity (Wildman–Crippen MR) is 80.5 cm³/mol. The number of ether oxygens (including phenoxy) is 1. The molecule has 1 aliphatic rings. The molecule has 1 saturated carbocycles. The second kappa shape index (κ2) is 7.93. The molecule has 1 atom stereocenters. The third kappa shape index (κ3) is 4.84. The number of nitrogens with one attached hydrogen (secondary N) is 1. The number of carbonyl (C=O) groups excluding carboxylic acids is 1. The first-order valence-corrected chi connectivity index (χ1v) is 7.80. The second-order valence-electron chi connectivity index (χ2n) is 5.57. The van der Waals surface area contributed by atoms with E-state index in [1.807, 2.05) is 6.92 Å². The Morgan fingerprint density at radius 2 is 2.18 bits per heavy atom. The molecule has 122 valence electrons. The van der Waals surface area contributed by atoms with Crippen molar-refractivity contribution in [2.75, 3.05) is 5.32 Å². The number of carboxylic acid groups (broad SMARTS) is 1. The average Bonchev–Trinajstić information content (AvgIpc) is 2.92. The smallest absolute Gasteiger partial charge is 0.325 e. The molecule has 0 spiro atoms. The molecular formula is C15H23N3O4. The fourth-order valence-corrected chi connectivity index (χ4v) is 2.64. The zero-order chi connectivity index (χ0) is 15.9. The van der Waals surface area contributed by atoms with Gasteiger partial charge < -0.3 is 15.2 Å². The molecule has 0 bridgehead atoms. The van der Waals surface area contributed by atoms with Crippen LogP contribution in [0.2, 0.25) is 0 Å². The number of anilines is 1. The first-order chi connectivity index (χ1) is 10.6. The number of carboxylic acids is 1. The Bertz CT molecular complexity index is 509. The Balaban J connectivity index is 1.88. The van der Waals surface area contributed by atoms with Gasteiger partial charge in [0.05, 0.1) is 6.10 Å². The highest BCUT2D eigenvalue weighted by Crippen LogP contribution is 2.22. The molecule has 0 aliphatic heterocycles. The Morgan fingerprint density at radius 1 is 1.45 bits per heavy atom. The molecule has 1 amide bonds. The van der Waals surface area contributed by atoms with Crippen LogP contribution in [0, 0.1) is 0 Å². The number of aromatic nitrogens is 2. The first-order valence-electron chi connectivity index (χ1n) is 7.80. The number of aliphatic carboxylic acids is 1. The molecule has 22 heavy (non-hydrogen) atoms. The summed E-state index contributed by atoms with van der Waals surface area (Å²) in [7, 11) is 0. The Labute approximate surface area is 129 Å². The van der Waals surface area contributed by atoms with Crippen LogP contribution < -0.4 is 5.32 Å². The van der Waals surface area contributed by atoms with Crippen molar-refractivity contribution in [1.82, 2.24) is 9.78 Å². The lowest BCUT2D eigenvalue weighted by atomic mass is 9.97. The van der Waals surface area contributed by atoms with Crippen molar-refractivity contribution >= 4 is 17.7 Å². The summed E-state index contributed by atoms with van der Waals surface area (Å²) in [5.74, 6) is -0.862. The fraction of sp³-hybridized carbons (Fsp3) is 0.667. The summed E-state index contributed by atoms with van der Waals surface area (Å²) in [6, 6.07) is 1.58. The number of rotatable bonds is 7. The third-order valence-corrected chi connectivity index (χ3v) is 3.76. The van der Waals surface area contributed by atoms with Crippen molar-refractivity contribution in [3.8, 4) is 0 Å². The molecule has 0 saturated heterocycles. The Hall–Kier alpha value is -1.89. The molecule has 1 fully saturated rings. The van der Waals surface area contributed by atoms with Crippen LogP contribution in [0.15, 0.2) is 12.3 Å². The maximum absolute atomic E-state index is 12.2. The highest BCUT2D eigenvalue weighted by Gasteiger charge is 2.24. The minimum atomic E-state index is -0.979. The highest BCUT2D eigenvalue weighted by molar-refractivity contribution is 5.93. The number of carbonyl (C=O) groups is 2. The van der Waals surface area contributed by atoms with E-state index in [4.69, 9.17) is 9.84 Å². The summed E-state index contributed by atoms with van der Waals surface area (Å²) in [6.45, 7) is 1.68. The van der Waals surface area contributed by atoms with Gasteiger partial charge >= 0.3 is 5.97 Å². The van der Waals surface area contributed by atoms with E-state index < -0.39 is 12.1 Å². The summed E-state index contributed by atoms with van der Waals surface area (Å²) < 4.78 is 7.17. The maximum Gasteiger partial charge on any atom is 0.325 e. The average molecular weight is 309 g/mol. The lowest BCUT2D eigenvalue weighted by Crippen LogP contribution is -2.34. The molecule has 2 rings (SSSR count). The minimum absolute atomic E-state index is 0.161. The summed E-state index contributed by atoms with van der Waals surface area (Å²) in [6.07, 6.45) is 7.36. The van der Waals surface area contributed by atoms with Crippen molar-refractivity contribution in [2.45, 2.75) is 64.2 Å². The van der Waals surface area contributed by atoms with Crippen molar-refractivity contribution in [2.24, 2.45) is 0 Å². The lowest BCUT2D eigenvalue weighted by Gasteiger charge is -2.26. The summed E-state index contributed by atoms with van der Waals surface area (Å²) in [5.41, 5.74) is 0.